The second-order valence-corrected chi connectivity index (χ2v) is 7.04. The second-order valence-electron chi connectivity index (χ2n) is 6.18. The van der Waals surface area contributed by atoms with Crippen molar-refractivity contribution < 1.29 is 9.59 Å². The predicted octanol–water partition coefficient (Wildman–Crippen LogP) is 4.61. The first-order valence-electron chi connectivity index (χ1n) is 8.52. The lowest BCUT2D eigenvalue weighted by molar-refractivity contribution is -0.116. The summed E-state index contributed by atoms with van der Waals surface area (Å²) in [5.41, 5.74) is 3.40. The summed E-state index contributed by atoms with van der Waals surface area (Å²) in [6.45, 7) is 1.62. The monoisotopic (exact) mass is 375 g/mol. The summed E-state index contributed by atoms with van der Waals surface area (Å²) in [6.07, 6.45) is 0. The molecule has 0 saturated carbocycles. The van der Waals surface area contributed by atoms with Crippen LogP contribution < -0.4 is 5.32 Å². The fourth-order valence-corrected chi connectivity index (χ4v) is 3.79. The van der Waals surface area contributed by atoms with E-state index in [-0.39, 0.29) is 18.2 Å². The van der Waals surface area contributed by atoms with Gasteiger partial charge in [0.15, 0.2) is 10.9 Å². The largest absolute Gasteiger partial charge is 0.331 e. The van der Waals surface area contributed by atoms with Crippen LogP contribution in [0.5, 0.6) is 0 Å². The van der Waals surface area contributed by atoms with Crippen LogP contribution in [0.2, 0.25) is 0 Å². The summed E-state index contributed by atoms with van der Waals surface area (Å²) in [6, 6.07) is 20.1. The first kappa shape index (κ1) is 17.2. The molecule has 0 fully saturated rings. The molecule has 27 heavy (non-hydrogen) atoms. The van der Waals surface area contributed by atoms with Crippen LogP contribution in [0.3, 0.4) is 0 Å². The van der Waals surface area contributed by atoms with Crippen LogP contribution in [-0.4, -0.2) is 21.2 Å². The highest BCUT2D eigenvalue weighted by molar-refractivity contribution is 7.14. The summed E-state index contributed by atoms with van der Waals surface area (Å²) >= 11 is 1.25. The van der Waals surface area contributed by atoms with Gasteiger partial charge in [0.1, 0.15) is 12.2 Å². The Labute approximate surface area is 160 Å². The number of nitrogens with zero attached hydrogens (tertiary/aromatic N) is 2. The summed E-state index contributed by atoms with van der Waals surface area (Å²) in [5, 5.41) is 5.96. The molecule has 0 radical (unpaired) electrons. The minimum absolute atomic E-state index is 0.116. The van der Waals surface area contributed by atoms with E-state index in [9.17, 15) is 9.59 Å². The topological polar surface area (TPSA) is 64.0 Å². The standard InChI is InChI=1S/C21H17N3O2S/c1-14(25)17-13-27-21(22-17)23-20(26)12-24-18-10-6-5-9-16(18)11-19(24)15-7-3-2-4-8-15/h2-11,13H,12H2,1H3,(H,22,23,26). The molecule has 2 heterocycles. The van der Waals surface area contributed by atoms with Crippen molar-refractivity contribution >= 4 is 39.1 Å². The van der Waals surface area contributed by atoms with Crippen LogP contribution in [0.4, 0.5) is 5.13 Å². The molecule has 1 N–H and O–H groups in total. The number of rotatable bonds is 5. The molecular formula is C21H17N3O2S. The van der Waals surface area contributed by atoms with E-state index in [1.165, 1.54) is 18.3 Å². The van der Waals surface area contributed by atoms with E-state index in [1.807, 2.05) is 59.2 Å². The van der Waals surface area contributed by atoms with Gasteiger partial charge in [-0.2, -0.15) is 0 Å². The molecule has 0 bridgehead atoms. The van der Waals surface area contributed by atoms with Crippen molar-refractivity contribution in [3.05, 3.63) is 71.7 Å². The maximum Gasteiger partial charge on any atom is 0.246 e. The van der Waals surface area contributed by atoms with Gasteiger partial charge in [0.2, 0.25) is 5.91 Å². The number of fused-ring (bicyclic) bond motifs is 1. The Morgan fingerprint density at radius 2 is 1.81 bits per heavy atom. The van der Waals surface area contributed by atoms with Gasteiger partial charge in [-0.05, 0) is 17.7 Å². The number of anilines is 1. The number of hydrogen-bond acceptors (Lipinski definition) is 4. The molecule has 0 atom stereocenters. The molecule has 134 valence electrons. The Morgan fingerprint density at radius 1 is 1.07 bits per heavy atom. The van der Waals surface area contributed by atoms with Gasteiger partial charge in [0, 0.05) is 28.9 Å². The third-order valence-electron chi connectivity index (χ3n) is 4.29. The van der Waals surface area contributed by atoms with Crippen molar-refractivity contribution in [3.63, 3.8) is 0 Å². The van der Waals surface area contributed by atoms with E-state index in [1.54, 1.807) is 5.38 Å². The first-order valence-corrected chi connectivity index (χ1v) is 9.40. The Kier molecular flexibility index (Phi) is 4.56. The van der Waals surface area contributed by atoms with E-state index >= 15 is 0 Å². The van der Waals surface area contributed by atoms with E-state index in [0.29, 0.717) is 10.8 Å². The zero-order chi connectivity index (χ0) is 18.8. The number of thiazole rings is 1. The van der Waals surface area contributed by atoms with Gasteiger partial charge in [-0.15, -0.1) is 11.3 Å². The molecule has 2 aromatic carbocycles. The Bertz CT molecular complexity index is 1130. The van der Waals surface area contributed by atoms with Crippen LogP contribution >= 0.6 is 11.3 Å². The number of Topliss-reactive ketones (excluding diaryl/α,β-unsaturated/α-hetero) is 1. The Hall–Kier alpha value is -3.25. The number of benzene rings is 2. The average molecular weight is 375 g/mol. The third-order valence-corrected chi connectivity index (χ3v) is 5.05. The molecule has 0 aliphatic heterocycles. The predicted molar refractivity (Wildman–Crippen MR) is 108 cm³/mol. The lowest BCUT2D eigenvalue weighted by atomic mass is 10.1. The molecule has 1 amide bonds. The van der Waals surface area contributed by atoms with Gasteiger partial charge in [-0.1, -0.05) is 48.5 Å². The van der Waals surface area contributed by atoms with Gasteiger partial charge in [-0.3, -0.25) is 9.59 Å². The maximum atomic E-state index is 12.6. The van der Waals surface area contributed by atoms with E-state index in [0.717, 1.165) is 22.2 Å². The fourth-order valence-electron chi connectivity index (χ4n) is 3.02. The highest BCUT2D eigenvalue weighted by Gasteiger charge is 2.15. The summed E-state index contributed by atoms with van der Waals surface area (Å²) in [7, 11) is 0. The van der Waals surface area contributed by atoms with E-state index in [4.69, 9.17) is 0 Å². The van der Waals surface area contributed by atoms with Gasteiger partial charge >= 0.3 is 0 Å². The van der Waals surface area contributed by atoms with Crippen molar-refractivity contribution in [1.82, 2.24) is 9.55 Å². The zero-order valence-corrected chi connectivity index (χ0v) is 15.5. The second kappa shape index (κ2) is 7.17. The number of hydrogen-bond donors (Lipinski definition) is 1. The smallest absolute Gasteiger partial charge is 0.246 e. The normalized spacial score (nSPS) is 10.9. The molecule has 5 nitrogen and oxygen atoms in total. The molecule has 0 unspecified atom stereocenters. The zero-order valence-electron chi connectivity index (χ0n) is 14.7. The minimum atomic E-state index is -0.182. The highest BCUT2D eigenvalue weighted by atomic mass is 32.1. The number of para-hydroxylation sites is 1. The van der Waals surface area contributed by atoms with Crippen LogP contribution in [-0.2, 0) is 11.3 Å². The van der Waals surface area contributed by atoms with Crippen molar-refractivity contribution in [2.75, 3.05) is 5.32 Å². The van der Waals surface area contributed by atoms with Crippen molar-refractivity contribution in [1.29, 1.82) is 0 Å². The molecule has 4 rings (SSSR count). The highest BCUT2D eigenvalue weighted by Crippen LogP contribution is 2.28. The number of amides is 1. The molecule has 6 heteroatoms. The number of carbonyl (C=O) groups is 2. The molecule has 0 aliphatic rings. The summed E-state index contributed by atoms with van der Waals surface area (Å²) in [5.74, 6) is -0.299. The van der Waals surface area contributed by atoms with Crippen LogP contribution in [0.15, 0.2) is 66.0 Å². The Balaban J connectivity index is 1.66. The summed E-state index contributed by atoms with van der Waals surface area (Å²) in [4.78, 5) is 28.2. The van der Waals surface area contributed by atoms with Crippen molar-refractivity contribution in [2.45, 2.75) is 13.5 Å². The quantitative estimate of drug-likeness (QED) is 0.518. The van der Waals surface area contributed by atoms with Crippen molar-refractivity contribution in [2.24, 2.45) is 0 Å². The van der Waals surface area contributed by atoms with Crippen LogP contribution in [0.25, 0.3) is 22.2 Å². The molecule has 0 saturated heterocycles. The lowest BCUT2D eigenvalue weighted by Crippen LogP contribution is -2.19. The maximum absolute atomic E-state index is 12.6. The summed E-state index contributed by atoms with van der Waals surface area (Å²) < 4.78 is 2.00. The number of ketones is 1. The molecule has 4 aromatic rings. The lowest BCUT2D eigenvalue weighted by Gasteiger charge is -2.10. The molecule has 2 aromatic heterocycles. The Morgan fingerprint density at radius 3 is 2.56 bits per heavy atom. The van der Waals surface area contributed by atoms with Gasteiger partial charge < -0.3 is 9.88 Å². The third kappa shape index (κ3) is 3.52. The minimum Gasteiger partial charge on any atom is -0.331 e. The molecular weight excluding hydrogens is 358 g/mol. The first-order chi connectivity index (χ1) is 13.1. The molecule has 0 spiro atoms. The molecule has 0 aliphatic carbocycles. The number of nitrogens with one attached hydrogen (secondary N) is 1. The van der Waals surface area contributed by atoms with Gasteiger partial charge in [0.25, 0.3) is 0 Å². The fraction of sp³-hybridized carbons (Fsp3) is 0.0952. The van der Waals surface area contributed by atoms with Gasteiger partial charge in [0.05, 0.1) is 0 Å². The van der Waals surface area contributed by atoms with Crippen LogP contribution in [0.1, 0.15) is 17.4 Å². The van der Waals surface area contributed by atoms with Crippen LogP contribution in [0, 0.1) is 0 Å². The van der Waals surface area contributed by atoms with Gasteiger partial charge in [-0.25, -0.2) is 4.98 Å². The average Bonchev–Trinajstić information content (AvgIpc) is 3.28. The van der Waals surface area contributed by atoms with Crippen molar-refractivity contribution in [3.8, 4) is 11.3 Å². The van der Waals surface area contributed by atoms with E-state index < -0.39 is 0 Å². The van der Waals surface area contributed by atoms with E-state index in [2.05, 4.69) is 16.4 Å². The SMILES string of the molecule is CC(=O)c1csc(NC(=O)Cn2c(-c3ccccc3)cc3ccccc32)n1. The number of aromatic nitrogens is 2. The number of carbonyl (C=O) groups excluding carboxylic acids is 2.